The summed E-state index contributed by atoms with van der Waals surface area (Å²) < 4.78 is 5.08. The summed E-state index contributed by atoms with van der Waals surface area (Å²) in [5.74, 6) is 0.0699. The van der Waals surface area contributed by atoms with Crippen LogP contribution in [0.15, 0.2) is 12.2 Å². The Labute approximate surface area is 99.0 Å². The lowest BCUT2D eigenvalue weighted by molar-refractivity contribution is -0.139. The van der Waals surface area contributed by atoms with Crippen molar-refractivity contribution in [2.45, 2.75) is 52.5 Å². The molecule has 0 rings (SSSR count). The van der Waals surface area contributed by atoms with Crippen molar-refractivity contribution in [1.82, 2.24) is 0 Å². The van der Waals surface area contributed by atoms with E-state index in [1.807, 2.05) is 13.8 Å². The molecular weight excluding hydrogens is 202 g/mol. The molecule has 0 saturated heterocycles. The molecule has 0 aromatic rings. The molecule has 0 aromatic heterocycles. The molecule has 94 valence electrons. The Hall–Kier alpha value is -0.830. The van der Waals surface area contributed by atoms with Gasteiger partial charge in [-0.2, -0.15) is 0 Å². The first-order chi connectivity index (χ1) is 7.29. The summed E-state index contributed by atoms with van der Waals surface area (Å²) >= 11 is 0. The van der Waals surface area contributed by atoms with Crippen molar-refractivity contribution in [2.24, 2.45) is 11.7 Å². The van der Waals surface area contributed by atoms with Gasteiger partial charge in [0.25, 0.3) is 0 Å². The van der Waals surface area contributed by atoms with E-state index in [-0.39, 0.29) is 11.5 Å². The average Bonchev–Trinajstić information content (AvgIpc) is 2.14. The molecule has 0 aliphatic carbocycles. The molecular formula is C13H25NO2. The second-order valence-corrected chi connectivity index (χ2v) is 5.01. The maximum absolute atomic E-state index is 11.2. The van der Waals surface area contributed by atoms with E-state index >= 15 is 0 Å². The van der Waals surface area contributed by atoms with Crippen LogP contribution in [0, 0.1) is 5.92 Å². The lowest BCUT2D eigenvalue weighted by atomic mass is 9.83. The fraction of sp³-hybridized carbons (Fsp3) is 0.769. The Balaban J connectivity index is 4.04. The Morgan fingerprint density at radius 2 is 2.00 bits per heavy atom. The molecule has 0 aromatic carbocycles. The van der Waals surface area contributed by atoms with Gasteiger partial charge in [-0.3, -0.25) is 0 Å². The van der Waals surface area contributed by atoms with Crippen LogP contribution in [-0.4, -0.2) is 18.1 Å². The lowest BCUT2D eigenvalue weighted by Gasteiger charge is -2.30. The molecule has 2 N–H and O–H groups in total. The largest absolute Gasteiger partial charge is 0.462 e. The Morgan fingerprint density at radius 3 is 2.38 bits per heavy atom. The topological polar surface area (TPSA) is 52.3 Å². The third kappa shape index (κ3) is 5.91. The number of nitrogens with two attached hydrogens (primary N) is 1. The first kappa shape index (κ1) is 15.2. The minimum atomic E-state index is -0.315. The average molecular weight is 227 g/mol. The van der Waals surface area contributed by atoms with Gasteiger partial charge in [-0.15, -0.1) is 0 Å². The van der Waals surface area contributed by atoms with Crippen LogP contribution in [0.3, 0.4) is 0 Å². The Morgan fingerprint density at radius 1 is 1.44 bits per heavy atom. The molecule has 1 atom stereocenters. The van der Waals surface area contributed by atoms with Crippen LogP contribution in [0.2, 0.25) is 0 Å². The van der Waals surface area contributed by atoms with Gasteiger partial charge in [0.05, 0.1) is 6.61 Å². The summed E-state index contributed by atoms with van der Waals surface area (Å²) in [6.45, 7) is 11.8. The molecule has 1 unspecified atom stereocenters. The first-order valence-electron chi connectivity index (χ1n) is 5.90. The van der Waals surface area contributed by atoms with Crippen molar-refractivity contribution in [1.29, 1.82) is 0 Å². The molecule has 0 heterocycles. The van der Waals surface area contributed by atoms with E-state index in [9.17, 15) is 4.79 Å². The molecule has 3 nitrogen and oxygen atoms in total. The second-order valence-electron chi connectivity index (χ2n) is 5.01. The molecule has 0 bridgehead atoms. The van der Waals surface area contributed by atoms with Gasteiger partial charge in [0, 0.05) is 11.1 Å². The van der Waals surface area contributed by atoms with Crippen LogP contribution in [-0.2, 0) is 9.53 Å². The molecule has 0 aliphatic heterocycles. The fourth-order valence-corrected chi connectivity index (χ4v) is 1.65. The van der Waals surface area contributed by atoms with Gasteiger partial charge in [0.15, 0.2) is 0 Å². The van der Waals surface area contributed by atoms with Crippen molar-refractivity contribution >= 4 is 5.97 Å². The second kappa shape index (κ2) is 6.69. The van der Waals surface area contributed by atoms with E-state index in [0.717, 1.165) is 19.3 Å². The van der Waals surface area contributed by atoms with E-state index < -0.39 is 0 Å². The highest BCUT2D eigenvalue weighted by molar-refractivity contribution is 5.86. The molecule has 0 spiro atoms. The Bertz CT molecular complexity index is 241. The van der Waals surface area contributed by atoms with Gasteiger partial charge >= 0.3 is 5.97 Å². The van der Waals surface area contributed by atoms with Crippen LogP contribution >= 0.6 is 0 Å². The van der Waals surface area contributed by atoms with E-state index in [2.05, 4.69) is 13.5 Å². The van der Waals surface area contributed by atoms with Crippen LogP contribution in [0.5, 0.6) is 0 Å². The number of ether oxygens (including phenoxy) is 1. The summed E-state index contributed by atoms with van der Waals surface area (Å²) in [7, 11) is 0. The molecule has 3 heteroatoms. The third-order valence-electron chi connectivity index (χ3n) is 2.74. The van der Waals surface area contributed by atoms with Gasteiger partial charge in [0.2, 0.25) is 0 Å². The highest BCUT2D eigenvalue weighted by atomic mass is 16.5. The van der Waals surface area contributed by atoms with E-state index in [4.69, 9.17) is 10.5 Å². The third-order valence-corrected chi connectivity index (χ3v) is 2.74. The number of esters is 1. The number of rotatable bonds is 7. The maximum atomic E-state index is 11.2. The summed E-state index contributed by atoms with van der Waals surface area (Å²) in [5.41, 5.74) is 6.31. The quantitative estimate of drug-likeness (QED) is 0.537. The van der Waals surface area contributed by atoms with Gasteiger partial charge < -0.3 is 10.5 Å². The van der Waals surface area contributed by atoms with Crippen molar-refractivity contribution in [2.75, 3.05) is 6.61 Å². The maximum Gasteiger partial charge on any atom is 0.333 e. The van der Waals surface area contributed by atoms with Crippen molar-refractivity contribution in [3.8, 4) is 0 Å². The predicted molar refractivity (Wildman–Crippen MR) is 67.1 cm³/mol. The van der Waals surface area contributed by atoms with Crippen LogP contribution in [0.1, 0.15) is 47.0 Å². The molecule has 0 radical (unpaired) electrons. The van der Waals surface area contributed by atoms with Gasteiger partial charge in [-0.1, -0.05) is 19.9 Å². The molecule has 0 amide bonds. The number of carbonyl (C=O) groups excluding carboxylic acids is 1. The summed E-state index contributed by atoms with van der Waals surface area (Å²) in [5, 5.41) is 0. The van der Waals surface area contributed by atoms with Gasteiger partial charge in [0.1, 0.15) is 0 Å². The lowest BCUT2D eigenvalue weighted by Crippen LogP contribution is -2.41. The monoisotopic (exact) mass is 227 g/mol. The summed E-state index contributed by atoms with van der Waals surface area (Å²) in [6, 6.07) is 0. The Kier molecular flexibility index (Phi) is 6.34. The normalized spacial score (nSPS) is 13.3. The number of carbonyl (C=O) groups is 1. The zero-order valence-electron chi connectivity index (χ0n) is 11.0. The van der Waals surface area contributed by atoms with Crippen LogP contribution < -0.4 is 5.73 Å². The van der Waals surface area contributed by atoms with Crippen molar-refractivity contribution in [3.63, 3.8) is 0 Å². The fourth-order valence-electron chi connectivity index (χ4n) is 1.65. The minimum absolute atomic E-state index is 0.217. The predicted octanol–water partition coefficient (Wildman–Crippen LogP) is 2.65. The summed E-state index contributed by atoms with van der Waals surface area (Å²) in [6.07, 6.45) is 2.98. The highest BCUT2D eigenvalue weighted by Crippen LogP contribution is 2.23. The standard InChI is InChI=1S/C13H25NO2/c1-6-7-11(13(4,5)14)8-9-16-12(15)10(2)3/h11H,2,6-9,14H2,1,3-5H3. The number of hydrogen-bond donors (Lipinski definition) is 1. The highest BCUT2D eigenvalue weighted by Gasteiger charge is 2.24. The minimum Gasteiger partial charge on any atom is -0.462 e. The van der Waals surface area contributed by atoms with E-state index in [1.165, 1.54) is 0 Å². The molecule has 0 fully saturated rings. The van der Waals surface area contributed by atoms with E-state index in [0.29, 0.717) is 18.1 Å². The van der Waals surface area contributed by atoms with Crippen molar-refractivity contribution in [3.05, 3.63) is 12.2 Å². The zero-order valence-corrected chi connectivity index (χ0v) is 11.0. The molecule has 0 saturated carbocycles. The summed E-state index contributed by atoms with van der Waals surface area (Å²) in [4.78, 5) is 11.2. The van der Waals surface area contributed by atoms with Gasteiger partial charge in [-0.05, 0) is 39.5 Å². The van der Waals surface area contributed by atoms with Gasteiger partial charge in [-0.25, -0.2) is 4.79 Å². The van der Waals surface area contributed by atoms with E-state index in [1.54, 1.807) is 6.92 Å². The smallest absolute Gasteiger partial charge is 0.333 e. The van der Waals surface area contributed by atoms with Crippen LogP contribution in [0.25, 0.3) is 0 Å². The zero-order chi connectivity index (χ0) is 12.8. The molecule has 16 heavy (non-hydrogen) atoms. The van der Waals surface area contributed by atoms with Crippen LogP contribution in [0.4, 0.5) is 0 Å². The SMILES string of the molecule is C=C(C)C(=O)OCCC(CCC)C(C)(C)N. The molecule has 0 aliphatic rings. The first-order valence-corrected chi connectivity index (χ1v) is 5.90. The number of hydrogen-bond acceptors (Lipinski definition) is 3. The van der Waals surface area contributed by atoms with Crippen molar-refractivity contribution < 1.29 is 9.53 Å².